The molecule has 0 spiro atoms. The Hall–Kier alpha value is -3.92. The molecule has 37 heavy (non-hydrogen) atoms. The van der Waals surface area contributed by atoms with Crippen molar-refractivity contribution < 1.29 is 0 Å². The fraction of sp³-hybridized carbons (Fsp3) is 0. The van der Waals surface area contributed by atoms with Gasteiger partial charge < -0.3 is 4.90 Å². The number of fused-ring (bicyclic) bond motifs is 4. The highest BCUT2D eigenvalue weighted by molar-refractivity contribution is 9.10. The molecule has 1 nitrogen and oxygen atoms in total. The third-order valence-electron chi connectivity index (χ3n) is 6.93. The summed E-state index contributed by atoms with van der Waals surface area (Å²) in [5.74, 6) is 0. The second-order valence-electron chi connectivity index (χ2n) is 9.17. The SMILES string of the molecule is Brc1ccc(-c2ccc(N(c3ccc4c(c3)sc3ccccc34)c3cccc4ccccc34)cc2)cc1. The van der Waals surface area contributed by atoms with E-state index >= 15 is 0 Å². The first-order valence-corrected chi connectivity index (χ1v) is 13.9. The van der Waals surface area contributed by atoms with E-state index in [1.165, 1.54) is 47.8 Å². The molecular formula is C34H22BrNS. The Balaban J connectivity index is 1.41. The van der Waals surface area contributed by atoms with Gasteiger partial charge in [-0.2, -0.15) is 0 Å². The van der Waals surface area contributed by atoms with Gasteiger partial charge in [-0.05, 0) is 65.0 Å². The van der Waals surface area contributed by atoms with Gasteiger partial charge in [0.25, 0.3) is 0 Å². The Kier molecular flexibility index (Phi) is 5.53. The summed E-state index contributed by atoms with van der Waals surface area (Å²) >= 11 is 5.40. The Bertz CT molecular complexity index is 1880. The molecule has 7 rings (SSSR count). The smallest absolute Gasteiger partial charge is 0.0540 e. The van der Waals surface area contributed by atoms with Crippen molar-refractivity contribution in [1.29, 1.82) is 0 Å². The second kappa shape index (κ2) is 9.19. The summed E-state index contributed by atoms with van der Waals surface area (Å²) in [4.78, 5) is 2.39. The van der Waals surface area contributed by atoms with Crippen LogP contribution in [0.15, 0.2) is 138 Å². The first-order valence-electron chi connectivity index (χ1n) is 12.3. The van der Waals surface area contributed by atoms with Crippen LogP contribution in [0.3, 0.4) is 0 Å². The number of nitrogens with zero attached hydrogens (tertiary/aromatic N) is 1. The highest BCUT2D eigenvalue weighted by atomic mass is 79.9. The molecule has 0 N–H and O–H groups in total. The summed E-state index contributed by atoms with van der Waals surface area (Å²) < 4.78 is 3.72. The third-order valence-corrected chi connectivity index (χ3v) is 8.59. The first-order chi connectivity index (χ1) is 18.2. The fourth-order valence-electron chi connectivity index (χ4n) is 5.13. The Morgan fingerprint density at radius 2 is 1.11 bits per heavy atom. The Morgan fingerprint density at radius 1 is 0.486 bits per heavy atom. The topological polar surface area (TPSA) is 3.24 Å². The average Bonchev–Trinajstić information content (AvgIpc) is 3.32. The predicted molar refractivity (Wildman–Crippen MR) is 165 cm³/mol. The van der Waals surface area contributed by atoms with Crippen LogP contribution in [0.25, 0.3) is 42.1 Å². The minimum Gasteiger partial charge on any atom is -0.310 e. The maximum absolute atomic E-state index is 3.54. The van der Waals surface area contributed by atoms with E-state index in [0.717, 1.165) is 15.8 Å². The number of hydrogen-bond acceptors (Lipinski definition) is 2. The lowest BCUT2D eigenvalue weighted by Crippen LogP contribution is -2.10. The molecule has 0 aliphatic carbocycles. The molecule has 0 atom stereocenters. The maximum atomic E-state index is 3.54. The van der Waals surface area contributed by atoms with Crippen molar-refractivity contribution in [1.82, 2.24) is 0 Å². The summed E-state index contributed by atoms with van der Waals surface area (Å²) in [5, 5.41) is 5.11. The number of hydrogen-bond donors (Lipinski definition) is 0. The summed E-state index contributed by atoms with van der Waals surface area (Å²) in [6, 6.07) is 48.1. The van der Waals surface area contributed by atoms with Crippen molar-refractivity contribution >= 4 is 75.3 Å². The van der Waals surface area contributed by atoms with E-state index in [2.05, 4.69) is 154 Å². The van der Waals surface area contributed by atoms with Crippen molar-refractivity contribution in [2.75, 3.05) is 4.90 Å². The molecule has 0 aliphatic heterocycles. The number of rotatable bonds is 4. The molecule has 0 aliphatic rings. The van der Waals surface area contributed by atoms with Crippen molar-refractivity contribution in [2.45, 2.75) is 0 Å². The van der Waals surface area contributed by atoms with Crippen LogP contribution in [0, 0.1) is 0 Å². The quantitative estimate of drug-likeness (QED) is 0.208. The molecule has 176 valence electrons. The van der Waals surface area contributed by atoms with Crippen molar-refractivity contribution in [2.24, 2.45) is 0 Å². The molecule has 1 aromatic heterocycles. The molecule has 0 bridgehead atoms. The van der Waals surface area contributed by atoms with E-state index in [1.807, 2.05) is 11.3 Å². The highest BCUT2D eigenvalue weighted by Gasteiger charge is 2.17. The summed E-state index contributed by atoms with van der Waals surface area (Å²) in [5.41, 5.74) is 5.88. The number of halogens is 1. The van der Waals surface area contributed by atoms with Crippen LogP contribution in [0.4, 0.5) is 17.1 Å². The van der Waals surface area contributed by atoms with Gasteiger partial charge in [0.1, 0.15) is 0 Å². The van der Waals surface area contributed by atoms with Crippen LogP contribution < -0.4 is 4.90 Å². The fourth-order valence-corrected chi connectivity index (χ4v) is 6.53. The zero-order chi connectivity index (χ0) is 24.8. The molecular weight excluding hydrogens is 534 g/mol. The van der Waals surface area contributed by atoms with Crippen molar-refractivity contribution in [3.8, 4) is 11.1 Å². The van der Waals surface area contributed by atoms with Gasteiger partial charge in [-0.25, -0.2) is 0 Å². The largest absolute Gasteiger partial charge is 0.310 e. The van der Waals surface area contributed by atoms with Crippen LogP contribution in [-0.4, -0.2) is 0 Å². The van der Waals surface area contributed by atoms with Gasteiger partial charge in [-0.15, -0.1) is 11.3 Å². The first kappa shape index (κ1) is 22.3. The molecule has 0 fully saturated rings. The summed E-state index contributed by atoms with van der Waals surface area (Å²) in [6.07, 6.45) is 0. The van der Waals surface area contributed by atoms with Gasteiger partial charge in [-0.3, -0.25) is 0 Å². The molecule has 0 amide bonds. The lowest BCUT2D eigenvalue weighted by atomic mass is 10.0. The van der Waals surface area contributed by atoms with E-state index in [1.54, 1.807) is 0 Å². The van der Waals surface area contributed by atoms with Crippen molar-refractivity contribution in [3.05, 3.63) is 138 Å². The molecule has 0 radical (unpaired) electrons. The van der Waals surface area contributed by atoms with Crippen molar-refractivity contribution in [3.63, 3.8) is 0 Å². The lowest BCUT2D eigenvalue weighted by molar-refractivity contribution is 1.30. The molecule has 6 aromatic carbocycles. The van der Waals surface area contributed by atoms with Gasteiger partial charge in [0.2, 0.25) is 0 Å². The van der Waals surface area contributed by atoms with E-state index < -0.39 is 0 Å². The lowest BCUT2D eigenvalue weighted by Gasteiger charge is -2.27. The van der Waals surface area contributed by atoms with E-state index in [9.17, 15) is 0 Å². The van der Waals surface area contributed by atoms with Gasteiger partial charge in [0.15, 0.2) is 0 Å². The van der Waals surface area contributed by atoms with Gasteiger partial charge >= 0.3 is 0 Å². The zero-order valence-electron chi connectivity index (χ0n) is 19.9. The molecule has 0 saturated carbocycles. The van der Waals surface area contributed by atoms with E-state index in [0.29, 0.717) is 0 Å². The monoisotopic (exact) mass is 555 g/mol. The third kappa shape index (κ3) is 4.01. The van der Waals surface area contributed by atoms with Crippen LogP contribution in [-0.2, 0) is 0 Å². The second-order valence-corrected chi connectivity index (χ2v) is 11.2. The van der Waals surface area contributed by atoms with Gasteiger partial charge in [-0.1, -0.05) is 101 Å². The highest BCUT2D eigenvalue weighted by Crippen LogP contribution is 2.42. The molecule has 0 unspecified atom stereocenters. The van der Waals surface area contributed by atoms with E-state index in [4.69, 9.17) is 0 Å². The van der Waals surface area contributed by atoms with Gasteiger partial charge in [0.05, 0.1) is 5.69 Å². The standard InChI is InChI=1S/C34H22BrNS/c35-26-16-12-23(13-17-26)24-14-18-27(19-15-24)36(32-10-5-7-25-6-1-2-8-29(25)32)28-20-21-31-30-9-3-4-11-33(30)37-34(31)22-28/h1-22H. The zero-order valence-corrected chi connectivity index (χ0v) is 22.3. The summed E-state index contributed by atoms with van der Waals surface area (Å²) in [7, 11) is 0. The molecule has 1 heterocycles. The summed E-state index contributed by atoms with van der Waals surface area (Å²) in [6.45, 7) is 0. The molecule has 0 saturated heterocycles. The van der Waals surface area contributed by atoms with Crippen LogP contribution in [0.2, 0.25) is 0 Å². The van der Waals surface area contributed by atoms with Crippen LogP contribution in [0.1, 0.15) is 0 Å². The van der Waals surface area contributed by atoms with Gasteiger partial charge in [0, 0.05) is 41.4 Å². The number of benzene rings is 6. The van der Waals surface area contributed by atoms with Crippen LogP contribution >= 0.6 is 27.3 Å². The maximum Gasteiger partial charge on any atom is 0.0540 e. The normalized spacial score (nSPS) is 11.4. The number of thiophene rings is 1. The average molecular weight is 557 g/mol. The predicted octanol–water partition coefficient (Wildman–Crippen LogP) is 11.1. The minimum atomic E-state index is 1.09. The number of anilines is 3. The minimum absolute atomic E-state index is 1.09. The Morgan fingerprint density at radius 3 is 1.92 bits per heavy atom. The molecule has 7 aromatic rings. The van der Waals surface area contributed by atoms with Crippen LogP contribution in [0.5, 0.6) is 0 Å². The molecule has 3 heteroatoms. The Labute approximate surface area is 228 Å². The van der Waals surface area contributed by atoms with E-state index in [-0.39, 0.29) is 0 Å².